The summed E-state index contributed by atoms with van der Waals surface area (Å²) in [4.78, 5) is 18.4. The summed E-state index contributed by atoms with van der Waals surface area (Å²) in [6.45, 7) is 7.51. The molecule has 0 saturated carbocycles. The third kappa shape index (κ3) is 7.63. The summed E-state index contributed by atoms with van der Waals surface area (Å²) in [6, 6.07) is 9.71. The Balaban J connectivity index is 1.47. The molecule has 0 bridgehead atoms. The van der Waals surface area contributed by atoms with Gasteiger partial charge in [-0.25, -0.2) is 5.43 Å². The van der Waals surface area contributed by atoms with E-state index in [0.717, 1.165) is 37.9 Å². The third-order valence-corrected chi connectivity index (χ3v) is 6.60. The Bertz CT molecular complexity index is 1070. The maximum atomic E-state index is 12.3. The molecule has 1 aromatic carbocycles. The van der Waals surface area contributed by atoms with Crippen molar-refractivity contribution in [3.05, 3.63) is 54.6 Å². The number of nitrogens with zero attached hydrogens (tertiary/aromatic N) is 5. The van der Waals surface area contributed by atoms with Gasteiger partial charge < -0.3 is 20.4 Å². The van der Waals surface area contributed by atoms with Crippen LogP contribution in [0.15, 0.2) is 54.6 Å². The Kier molecular flexibility index (Phi) is 8.62. The largest absolute Gasteiger partial charge is 0.409 e. The molecule has 37 heavy (non-hydrogen) atoms. The Morgan fingerprint density at radius 2 is 1.70 bits per heavy atom. The molecule has 2 aromatic rings. The molecule has 3 heterocycles. The van der Waals surface area contributed by atoms with Crippen molar-refractivity contribution in [3.63, 3.8) is 0 Å². The van der Waals surface area contributed by atoms with Gasteiger partial charge in [0.2, 0.25) is 17.8 Å². The first-order valence-electron chi connectivity index (χ1n) is 12.4. The predicted octanol–water partition coefficient (Wildman–Crippen LogP) is 3.53. The number of rotatable bonds is 8. The second-order valence-electron chi connectivity index (χ2n) is 9.50. The number of allylic oxidation sites excluding steroid dienone is 3. The van der Waals surface area contributed by atoms with Gasteiger partial charge in [-0.3, -0.25) is 5.43 Å². The van der Waals surface area contributed by atoms with Crippen molar-refractivity contribution >= 4 is 23.5 Å². The van der Waals surface area contributed by atoms with Crippen LogP contribution < -0.4 is 26.4 Å². The Labute approximate surface area is 215 Å². The summed E-state index contributed by atoms with van der Waals surface area (Å²) in [5.74, 6) is 1.56. The maximum absolute atomic E-state index is 12.3. The van der Waals surface area contributed by atoms with Crippen LogP contribution in [-0.4, -0.2) is 71.5 Å². The van der Waals surface area contributed by atoms with Crippen LogP contribution in [0.2, 0.25) is 0 Å². The molecule has 2 fully saturated rings. The number of hydrazine groups is 1. The quantitative estimate of drug-likeness (QED) is 0.393. The van der Waals surface area contributed by atoms with E-state index in [4.69, 9.17) is 4.98 Å². The second kappa shape index (κ2) is 11.9. The van der Waals surface area contributed by atoms with Crippen molar-refractivity contribution in [2.45, 2.75) is 32.2 Å². The molecule has 12 heteroatoms. The highest BCUT2D eigenvalue weighted by atomic mass is 19.4. The summed E-state index contributed by atoms with van der Waals surface area (Å²) in [5.41, 5.74) is 7.37. The lowest BCUT2D eigenvalue weighted by Crippen LogP contribution is -2.45. The lowest BCUT2D eigenvalue weighted by Gasteiger charge is -2.32. The standard InChI is InChI=1S/C25H34F3N9/c1-17(9-7-8-12-25(26,27)28)20-18(2)21(35-34-20)30-23-31-22(29-19-10-5-4-6-11-19)32-24(33-23)37-15-13-36(3)14-16-37/h4-12,17-18,20-21,34-35H,13-16H2,1-3H3,(H2,29,30,31,32,33)/b9-7-,12-8+. The van der Waals surface area contributed by atoms with E-state index in [1.54, 1.807) is 6.08 Å². The Hall–Kier alpha value is -3.22. The number of aromatic nitrogens is 3. The highest BCUT2D eigenvalue weighted by molar-refractivity contribution is 5.55. The van der Waals surface area contributed by atoms with Gasteiger partial charge >= 0.3 is 6.18 Å². The highest BCUT2D eigenvalue weighted by Gasteiger charge is 2.35. The number of anilines is 4. The van der Waals surface area contributed by atoms with Gasteiger partial charge in [0.25, 0.3) is 0 Å². The predicted molar refractivity (Wildman–Crippen MR) is 139 cm³/mol. The van der Waals surface area contributed by atoms with Gasteiger partial charge in [-0.1, -0.05) is 50.3 Å². The van der Waals surface area contributed by atoms with Crippen LogP contribution in [0.25, 0.3) is 0 Å². The van der Waals surface area contributed by atoms with Gasteiger partial charge in [0.15, 0.2) is 0 Å². The number of halogens is 3. The Morgan fingerprint density at radius 1 is 1.00 bits per heavy atom. The van der Waals surface area contributed by atoms with E-state index in [-0.39, 0.29) is 30.1 Å². The van der Waals surface area contributed by atoms with Crippen molar-refractivity contribution in [1.29, 1.82) is 0 Å². The highest BCUT2D eigenvalue weighted by Crippen LogP contribution is 2.25. The second-order valence-corrected chi connectivity index (χ2v) is 9.50. The minimum atomic E-state index is -4.31. The van der Waals surface area contributed by atoms with E-state index in [2.05, 4.69) is 55.2 Å². The molecule has 4 rings (SSSR count). The normalized spacial score (nSPS) is 24.2. The molecule has 0 radical (unpaired) electrons. The fourth-order valence-corrected chi connectivity index (χ4v) is 4.38. The minimum Gasteiger partial charge on any atom is -0.338 e. The third-order valence-electron chi connectivity index (χ3n) is 6.60. The van der Waals surface area contributed by atoms with Crippen LogP contribution in [0.1, 0.15) is 13.8 Å². The number of hydrogen-bond acceptors (Lipinski definition) is 9. The molecule has 4 atom stereocenters. The topological polar surface area (TPSA) is 93.3 Å². The van der Waals surface area contributed by atoms with Crippen molar-refractivity contribution in [1.82, 2.24) is 30.7 Å². The summed E-state index contributed by atoms with van der Waals surface area (Å²) >= 11 is 0. The molecule has 0 amide bonds. The fourth-order valence-electron chi connectivity index (χ4n) is 4.38. The van der Waals surface area contributed by atoms with E-state index in [9.17, 15) is 13.2 Å². The van der Waals surface area contributed by atoms with Gasteiger partial charge in [-0.2, -0.15) is 28.1 Å². The molecule has 0 spiro atoms. The van der Waals surface area contributed by atoms with Gasteiger partial charge in [0, 0.05) is 49.9 Å². The molecule has 200 valence electrons. The molecule has 2 aliphatic heterocycles. The number of nitrogens with one attached hydrogen (secondary N) is 4. The van der Waals surface area contributed by atoms with Gasteiger partial charge in [0.1, 0.15) is 0 Å². The van der Waals surface area contributed by atoms with E-state index in [1.165, 1.54) is 6.08 Å². The monoisotopic (exact) mass is 517 g/mol. The van der Waals surface area contributed by atoms with Crippen molar-refractivity contribution in [3.8, 4) is 0 Å². The molecule has 4 N–H and O–H groups in total. The smallest absolute Gasteiger partial charge is 0.338 e. The maximum Gasteiger partial charge on any atom is 0.409 e. The lowest BCUT2D eigenvalue weighted by atomic mass is 9.90. The van der Waals surface area contributed by atoms with Gasteiger partial charge in [-0.05, 0) is 25.1 Å². The summed E-state index contributed by atoms with van der Waals surface area (Å²) in [7, 11) is 2.10. The van der Waals surface area contributed by atoms with E-state index in [0.29, 0.717) is 17.8 Å². The first-order valence-corrected chi connectivity index (χ1v) is 12.4. The molecule has 0 aliphatic carbocycles. The van der Waals surface area contributed by atoms with Crippen LogP contribution in [0.4, 0.5) is 36.7 Å². The summed E-state index contributed by atoms with van der Waals surface area (Å²) < 4.78 is 37.0. The number of piperazine rings is 1. The first kappa shape index (κ1) is 26.8. The van der Waals surface area contributed by atoms with Gasteiger partial charge in [0.05, 0.1) is 6.17 Å². The van der Waals surface area contributed by atoms with Crippen molar-refractivity contribution in [2.24, 2.45) is 11.8 Å². The molecule has 1 aromatic heterocycles. The zero-order valence-electron chi connectivity index (χ0n) is 21.2. The van der Waals surface area contributed by atoms with E-state index >= 15 is 0 Å². The van der Waals surface area contributed by atoms with Crippen LogP contribution >= 0.6 is 0 Å². The molecular weight excluding hydrogens is 483 g/mol. The minimum absolute atomic E-state index is 0.00566. The van der Waals surface area contributed by atoms with Crippen LogP contribution in [0.3, 0.4) is 0 Å². The van der Waals surface area contributed by atoms with E-state index < -0.39 is 6.18 Å². The zero-order chi connectivity index (χ0) is 26.4. The van der Waals surface area contributed by atoms with Crippen LogP contribution in [0, 0.1) is 11.8 Å². The lowest BCUT2D eigenvalue weighted by molar-refractivity contribution is -0.0798. The number of benzene rings is 1. The molecule has 2 saturated heterocycles. The molecular formula is C25H34F3N9. The van der Waals surface area contributed by atoms with E-state index in [1.807, 2.05) is 37.3 Å². The molecule has 9 nitrogen and oxygen atoms in total. The zero-order valence-corrected chi connectivity index (χ0v) is 21.2. The number of alkyl halides is 3. The first-order chi connectivity index (χ1) is 17.7. The molecule has 2 aliphatic rings. The SMILES string of the molecule is CC(/C=C\C=C\C(F)(F)F)C1NNC(Nc2nc(Nc3ccccc3)nc(N3CCN(C)CC3)n2)C1C. The van der Waals surface area contributed by atoms with Crippen molar-refractivity contribution < 1.29 is 13.2 Å². The average Bonchev–Trinajstić information content (AvgIpc) is 3.22. The number of likely N-dealkylation sites (N-methyl/N-ethyl adjacent to an activating group) is 1. The molecule has 4 unspecified atom stereocenters. The number of para-hydroxylation sites is 1. The Morgan fingerprint density at radius 3 is 2.41 bits per heavy atom. The summed E-state index contributed by atoms with van der Waals surface area (Å²) in [5, 5.41) is 6.64. The number of hydrogen-bond donors (Lipinski definition) is 4. The van der Waals surface area contributed by atoms with Crippen molar-refractivity contribution in [2.75, 3.05) is 48.8 Å². The summed E-state index contributed by atoms with van der Waals surface area (Å²) in [6.07, 6.45) is -0.0704. The van der Waals surface area contributed by atoms with Crippen LogP contribution in [0.5, 0.6) is 0 Å². The van der Waals surface area contributed by atoms with Gasteiger partial charge in [-0.15, -0.1) is 0 Å². The average molecular weight is 518 g/mol. The van der Waals surface area contributed by atoms with Crippen LogP contribution in [-0.2, 0) is 0 Å². The fraction of sp³-hybridized carbons (Fsp3) is 0.480.